The molecule has 3 N–H and O–H groups in total. The van der Waals surface area contributed by atoms with Gasteiger partial charge >= 0.3 is 12.4 Å². The van der Waals surface area contributed by atoms with E-state index in [1.807, 2.05) is 12.1 Å². The van der Waals surface area contributed by atoms with Gasteiger partial charge in [-0.2, -0.15) is 26.3 Å². The van der Waals surface area contributed by atoms with E-state index in [9.17, 15) is 26.3 Å². The second-order valence-corrected chi connectivity index (χ2v) is 12.0. The molecule has 3 aromatic carbocycles. The number of piperazine rings is 1. The van der Waals surface area contributed by atoms with Crippen LogP contribution in [0.4, 0.5) is 26.3 Å². The average Bonchev–Trinajstić information content (AvgIpc) is 3.03. The number of hydrogen-bond donors (Lipinski definition) is 3. The normalized spacial score (nSPS) is 20.2. The summed E-state index contributed by atoms with van der Waals surface area (Å²) in [6.07, 6.45) is -7.72. The quantitative estimate of drug-likeness (QED) is 0.233. The van der Waals surface area contributed by atoms with Crippen LogP contribution in [-0.4, -0.2) is 52.6 Å². The zero-order valence-electron chi connectivity index (χ0n) is 24.5. The second-order valence-electron chi connectivity index (χ2n) is 10.3. The summed E-state index contributed by atoms with van der Waals surface area (Å²) in [7, 11) is 3.08. The van der Waals surface area contributed by atoms with Gasteiger partial charge < -0.3 is 25.4 Å². The SMILES string of the molecule is COc1cc(Br)ccc1Cl.COc1cc(C2CCNC(C(F)(F)F)C2)ccc1Cl.FC(F)(F)c1ccc(C2CNCCN2)cc1. The van der Waals surface area contributed by atoms with Crippen molar-refractivity contribution in [2.75, 3.05) is 40.4 Å². The van der Waals surface area contributed by atoms with Gasteiger partial charge in [0.2, 0.25) is 0 Å². The zero-order chi connectivity index (χ0) is 33.2. The van der Waals surface area contributed by atoms with Crippen LogP contribution in [0.3, 0.4) is 0 Å². The van der Waals surface area contributed by atoms with Crippen molar-refractivity contribution in [3.8, 4) is 11.5 Å². The third-order valence-electron chi connectivity index (χ3n) is 7.24. The smallest absolute Gasteiger partial charge is 0.416 e. The Hall–Kier alpha value is -2.22. The number of methoxy groups -OCH3 is 2. The first-order chi connectivity index (χ1) is 21.2. The zero-order valence-corrected chi connectivity index (χ0v) is 27.6. The highest BCUT2D eigenvalue weighted by Gasteiger charge is 2.42. The van der Waals surface area contributed by atoms with E-state index < -0.39 is 24.0 Å². The first-order valence-corrected chi connectivity index (χ1v) is 15.5. The number of hydrogen-bond acceptors (Lipinski definition) is 5. The molecule has 0 amide bonds. The summed E-state index contributed by atoms with van der Waals surface area (Å²) in [4.78, 5) is 0. The predicted molar refractivity (Wildman–Crippen MR) is 169 cm³/mol. The first-order valence-electron chi connectivity index (χ1n) is 14.0. The predicted octanol–water partition coefficient (Wildman–Crippen LogP) is 8.80. The van der Waals surface area contributed by atoms with Gasteiger partial charge in [-0.05, 0) is 78.9 Å². The Morgan fingerprint density at radius 1 is 0.756 bits per heavy atom. The summed E-state index contributed by atoms with van der Waals surface area (Å²) >= 11 is 15.0. The summed E-state index contributed by atoms with van der Waals surface area (Å²) in [5, 5.41) is 10.1. The van der Waals surface area contributed by atoms with E-state index in [-0.39, 0.29) is 18.4 Å². The van der Waals surface area contributed by atoms with E-state index in [4.69, 9.17) is 32.7 Å². The molecule has 2 heterocycles. The molecule has 0 spiro atoms. The standard InChI is InChI=1S/C13H15ClF3NO.C11H13F3N2.C7H6BrClO/c1-19-11-6-8(2-3-10(11)14)9-4-5-18-12(7-9)13(15,16)17;12-11(13,14)9-3-1-8(2-4-9)10-7-15-5-6-16-10;1-10-7-4-5(8)2-3-6(7)9/h2-3,6,9,12,18H,4-5,7H2,1H3;1-4,10,15-16H,5-7H2;2-4H,1H3. The highest BCUT2D eigenvalue weighted by atomic mass is 79.9. The number of nitrogens with one attached hydrogen (secondary N) is 3. The Morgan fingerprint density at radius 2 is 1.36 bits per heavy atom. The minimum Gasteiger partial charge on any atom is -0.495 e. The van der Waals surface area contributed by atoms with Crippen molar-refractivity contribution >= 4 is 39.1 Å². The fourth-order valence-electron chi connectivity index (χ4n) is 4.83. The molecular weight excluding hydrogens is 711 g/mol. The fraction of sp³-hybridized carbons (Fsp3) is 0.419. The molecule has 0 aromatic heterocycles. The Balaban J connectivity index is 0.000000193. The van der Waals surface area contributed by atoms with Crippen LogP contribution in [0.1, 0.15) is 41.5 Å². The first kappa shape index (κ1) is 37.2. The molecule has 45 heavy (non-hydrogen) atoms. The molecule has 0 saturated carbocycles. The minimum atomic E-state index is -4.25. The lowest BCUT2D eigenvalue weighted by molar-refractivity contribution is -0.161. The van der Waals surface area contributed by atoms with Gasteiger partial charge in [0.15, 0.2) is 0 Å². The molecule has 0 bridgehead atoms. The van der Waals surface area contributed by atoms with Gasteiger partial charge in [-0.3, -0.25) is 0 Å². The molecule has 5 nitrogen and oxygen atoms in total. The Morgan fingerprint density at radius 3 is 1.89 bits per heavy atom. The molecule has 3 atom stereocenters. The van der Waals surface area contributed by atoms with E-state index in [0.29, 0.717) is 34.5 Å². The maximum atomic E-state index is 12.7. The van der Waals surface area contributed by atoms with Crippen molar-refractivity contribution in [1.82, 2.24) is 16.0 Å². The van der Waals surface area contributed by atoms with Crippen LogP contribution in [0.15, 0.2) is 65.1 Å². The summed E-state index contributed by atoms with van der Waals surface area (Å²) in [5.74, 6) is 1.07. The molecule has 2 saturated heterocycles. The van der Waals surface area contributed by atoms with Crippen LogP contribution in [0.5, 0.6) is 11.5 Å². The molecule has 3 aromatic rings. The van der Waals surface area contributed by atoms with Crippen LogP contribution in [0, 0.1) is 0 Å². The van der Waals surface area contributed by atoms with Gasteiger partial charge in [0.25, 0.3) is 0 Å². The van der Waals surface area contributed by atoms with Crippen molar-refractivity contribution in [2.45, 2.75) is 43.2 Å². The monoisotopic (exact) mass is 743 g/mol. The van der Waals surface area contributed by atoms with Crippen molar-refractivity contribution < 1.29 is 35.8 Å². The van der Waals surface area contributed by atoms with Crippen LogP contribution in [-0.2, 0) is 6.18 Å². The Labute approximate surface area is 277 Å². The second kappa shape index (κ2) is 17.1. The number of piperidine rings is 1. The topological polar surface area (TPSA) is 54.6 Å². The highest BCUT2D eigenvalue weighted by Crippen LogP contribution is 2.37. The summed E-state index contributed by atoms with van der Waals surface area (Å²) < 4.78 is 86.2. The number of ether oxygens (including phenoxy) is 2. The van der Waals surface area contributed by atoms with Crippen molar-refractivity contribution in [3.63, 3.8) is 0 Å². The molecule has 14 heteroatoms. The van der Waals surface area contributed by atoms with E-state index in [1.54, 1.807) is 31.4 Å². The fourth-order valence-corrected chi connectivity index (χ4v) is 5.56. The molecule has 0 radical (unpaired) electrons. The molecular formula is C31H34BrCl2F6N3O2. The lowest BCUT2D eigenvalue weighted by Gasteiger charge is -2.32. The van der Waals surface area contributed by atoms with Gasteiger partial charge in [-0.15, -0.1) is 0 Å². The molecule has 5 rings (SSSR count). The van der Waals surface area contributed by atoms with Crippen molar-refractivity contribution in [3.05, 3.63) is 91.9 Å². The van der Waals surface area contributed by atoms with Gasteiger partial charge in [0.1, 0.15) is 17.5 Å². The third-order valence-corrected chi connectivity index (χ3v) is 8.36. The maximum Gasteiger partial charge on any atom is 0.416 e. The number of halogens is 9. The van der Waals surface area contributed by atoms with E-state index in [1.165, 1.54) is 19.2 Å². The van der Waals surface area contributed by atoms with E-state index in [0.717, 1.165) is 47.4 Å². The van der Waals surface area contributed by atoms with E-state index >= 15 is 0 Å². The van der Waals surface area contributed by atoms with E-state index in [2.05, 4.69) is 31.9 Å². The molecule has 248 valence electrons. The van der Waals surface area contributed by atoms with Gasteiger partial charge in [-0.25, -0.2) is 0 Å². The molecule has 0 aliphatic carbocycles. The highest BCUT2D eigenvalue weighted by molar-refractivity contribution is 9.10. The van der Waals surface area contributed by atoms with Crippen LogP contribution in [0.25, 0.3) is 0 Å². The molecule has 2 fully saturated rings. The van der Waals surface area contributed by atoms with Crippen LogP contribution < -0.4 is 25.4 Å². The van der Waals surface area contributed by atoms with Crippen LogP contribution in [0.2, 0.25) is 10.0 Å². The lowest BCUT2D eigenvalue weighted by atomic mass is 9.86. The van der Waals surface area contributed by atoms with Crippen LogP contribution >= 0.6 is 39.1 Å². The van der Waals surface area contributed by atoms with Crippen molar-refractivity contribution in [1.29, 1.82) is 0 Å². The Bertz CT molecular complexity index is 1360. The lowest BCUT2D eigenvalue weighted by Crippen LogP contribution is -2.47. The molecule has 3 unspecified atom stereocenters. The number of alkyl halides is 6. The summed E-state index contributed by atoms with van der Waals surface area (Å²) in [6.45, 7) is 2.86. The summed E-state index contributed by atoms with van der Waals surface area (Å²) in [5.41, 5.74) is 1.14. The average molecular weight is 745 g/mol. The summed E-state index contributed by atoms with van der Waals surface area (Å²) in [6, 6.07) is 14.6. The Kier molecular flexibility index (Phi) is 14.1. The largest absolute Gasteiger partial charge is 0.495 e. The number of rotatable bonds is 4. The van der Waals surface area contributed by atoms with Gasteiger partial charge in [0.05, 0.1) is 29.8 Å². The number of benzene rings is 3. The third kappa shape index (κ3) is 11.5. The minimum absolute atomic E-state index is 0.0499. The van der Waals surface area contributed by atoms with Gasteiger partial charge in [-0.1, -0.05) is 57.3 Å². The molecule has 2 aliphatic heterocycles. The van der Waals surface area contributed by atoms with Crippen molar-refractivity contribution in [2.24, 2.45) is 0 Å². The van der Waals surface area contributed by atoms with Gasteiger partial charge in [0, 0.05) is 30.1 Å². The molecule has 2 aliphatic rings. The maximum absolute atomic E-state index is 12.7.